The van der Waals surface area contributed by atoms with Crippen LogP contribution in [0.1, 0.15) is 51.4 Å². The van der Waals surface area contributed by atoms with Gasteiger partial charge in [-0.15, -0.1) is 0 Å². The van der Waals surface area contributed by atoms with Crippen molar-refractivity contribution < 1.29 is 18.4 Å². The number of para-hydroxylation sites is 3. The Morgan fingerprint density at radius 2 is 1.31 bits per heavy atom. The Labute approximate surface area is 358 Å². The largest absolute Gasteiger partial charge is 0.456 e. The minimum Gasteiger partial charge on any atom is -0.456 e. The molecule has 0 atom stereocenters. The summed E-state index contributed by atoms with van der Waals surface area (Å²) in [4.78, 5) is 18.4. The summed E-state index contributed by atoms with van der Waals surface area (Å²) in [6.45, 7) is 9.93. The molecule has 5 aromatic carbocycles. The smallest absolute Gasteiger partial charge is 0.147 e. The third-order valence-electron chi connectivity index (χ3n) is 10.7. The van der Waals surface area contributed by atoms with Crippen molar-refractivity contribution in [2.75, 3.05) is 16.5 Å². The summed E-state index contributed by atoms with van der Waals surface area (Å²) in [5, 5.41) is 0.977. The third-order valence-corrected chi connectivity index (χ3v) is 10.7. The average molecular weight is 779 g/mol. The van der Waals surface area contributed by atoms with Crippen LogP contribution in [0.2, 0.25) is 0 Å². The van der Waals surface area contributed by atoms with Crippen LogP contribution in [-0.2, 0) is 5.41 Å². The molecule has 0 unspecified atom stereocenters. The van der Waals surface area contributed by atoms with Crippen LogP contribution in [0, 0.1) is 13.8 Å². The van der Waals surface area contributed by atoms with Gasteiger partial charge in [-0.1, -0.05) is 118 Å². The Morgan fingerprint density at radius 1 is 0.644 bits per heavy atom. The summed E-state index contributed by atoms with van der Waals surface area (Å²) >= 11 is 0. The van der Waals surface area contributed by atoms with Gasteiger partial charge in [0, 0.05) is 51.9 Å². The van der Waals surface area contributed by atoms with Crippen molar-refractivity contribution in [1.29, 1.82) is 0 Å². The van der Waals surface area contributed by atoms with Crippen molar-refractivity contribution in [2.24, 2.45) is 0 Å². The van der Waals surface area contributed by atoms with Crippen LogP contribution in [0.15, 0.2) is 164 Å². The number of aryl methyl sites for hydroxylation is 2. The van der Waals surface area contributed by atoms with Gasteiger partial charge in [-0.3, -0.25) is 14.5 Å². The summed E-state index contributed by atoms with van der Waals surface area (Å²) in [6.07, 6.45) is 3.53. The first kappa shape index (κ1) is 26.6. The molecule has 0 saturated heterocycles. The minimum atomic E-state index is -0.570. The van der Waals surface area contributed by atoms with E-state index in [9.17, 15) is 0 Å². The molecule has 10 rings (SSSR count). The molecule has 59 heavy (non-hydrogen) atoms. The fourth-order valence-electron chi connectivity index (χ4n) is 8.05. The lowest BCUT2D eigenvalue weighted by Crippen LogP contribution is -2.25. The van der Waals surface area contributed by atoms with E-state index in [4.69, 9.17) is 33.4 Å². The monoisotopic (exact) mass is 778 g/mol. The van der Waals surface area contributed by atoms with Gasteiger partial charge in [-0.2, -0.15) is 0 Å². The zero-order chi connectivity index (χ0) is 49.0. The van der Waals surface area contributed by atoms with Crippen molar-refractivity contribution in [3.8, 4) is 39.6 Å². The van der Waals surface area contributed by atoms with Gasteiger partial charge in [-0.25, -0.2) is 4.98 Å². The predicted molar refractivity (Wildman–Crippen MR) is 242 cm³/mol. The number of fused-ring (bicyclic) bond motifs is 4. The van der Waals surface area contributed by atoms with Gasteiger partial charge in [0.2, 0.25) is 0 Å². The van der Waals surface area contributed by atoms with Crippen LogP contribution in [0.3, 0.4) is 0 Å². The number of anilines is 4. The molecular formula is C52H44N6O. The highest BCUT2D eigenvalue weighted by molar-refractivity contribution is 6.07. The van der Waals surface area contributed by atoms with Gasteiger partial charge in [-0.05, 0) is 78.4 Å². The Balaban J connectivity index is 1.12. The van der Waals surface area contributed by atoms with Crippen LogP contribution < -0.4 is 14.5 Å². The minimum absolute atomic E-state index is 0.0806. The molecule has 0 aliphatic carbocycles. The second-order valence-corrected chi connectivity index (χ2v) is 15.5. The number of nitrogens with zero attached hydrogens (tertiary/aromatic N) is 6. The van der Waals surface area contributed by atoms with Gasteiger partial charge in [0.1, 0.15) is 24.0 Å². The Morgan fingerprint density at radius 3 is 2.00 bits per heavy atom. The maximum atomic E-state index is 9.13. The van der Waals surface area contributed by atoms with Crippen LogP contribution in [0.4, 0.5) is 22.7 Å². The summed E-state index contributed by atoms with van der Waals surface area (Å²) < 4.78 is 96.6. The van der Waals surface area contributed by atoms with Crippen molar-refractivity contribution in [1.82, 2.24) is 19.5 Å². The molecule has 4 aromatic heterocycles. The normalized spacial score (nSPS) is 15.1. The molecule has 9 aromatic rings. The molecule has 7 heteroatoms. The van der Waals surface area contributed by atoms with Crippen LogP contribution >= 0.6 is 0 Å². The summed E-state index contributed by atoms with van der Waals surface area (Å²) in [5.74, 6) is 1.76. The molecular weight excluding hydrogens is 725 g/mol. The number of ether oxygens (including phenoxy) is 1. The molecule has 1 aliphatic heterocycles. The van der Waals surface area contributed by atoms with E-state index in [1.54, 1.807) is 20.0 Å². The molecule has 0 amide bonds. The number of aromatic nitrogens is 4. The average Bonchev–Trinajstić information content (AvgIpc) is 3.88. The first-order valence-corrected chi connectivity index (χ1v) is 19.3. The first-order valence-electron chi connectivity index (χ1n) is 24.3. The summed E-state index contributed by atoms with van der Waals surface area (Å²) in [6, 6.07) is 24.0. The van der Waals surface area contributed by atoms with Gasteiger partial charge >= 0.3 is 0 Å². The van der Waals surface area contributed by atoms with E-state index >= 15 is 0 Å². The number of hydrogen-bond acceptors (Lipinski definition) is 6. The molecule has 0 fully saturated rings. The lowest BCUT2D eigenvalue weighted by Gasteiger charge is -2.29. The van der Waals surface area contributed by atoms with Crippen molar-refractivity contribution in [3.63, 3.8) is 0 Å². The van der Waals surface area contributed by atoms with Crippen molar-refractivity contribution >= 4 is 44.7 Å². The van der Waals surface area contributed by atoms with Gasteiger partial charge in [0.15, 0.2) is 0 Å². The van der Waals surface area contributed by atoms with Crippen LogP contribution in [0.25, 0.3) is 50.0 Å². The fraction of sp³-hybridized carbons (Fsp3) is 0.135. The zero-order valence-corrected chi connectivity index (χ0v) is 33.1. The van der Waals surface area contributed by atoms with Crippen LogP contribution in [0.5, 0.6) is 11.5 Å². The molecule has 0 bridgehead atoms. The SMILES string of the molecule is [2H]c1c([2H])c([2H])c(-c2c(C)nc(C)c(-c3c([2H])c([2H])c([2H])c([2H])c3[2H])c2N2CN(c3cccc(Oc4cnc5c6ccccc6n(-c6cc(C(C)(C)C)ccn6)c5c4)c3)c3ccccc32)c([2H])c1[2H]. The molecule has 1 aliphatic rings. The second kappa shape index (κ2) is 14.3. The Bertz CT molecular complexity index is 3480. The molecule has 0 N–H and O–H groups in total. The number of rotatable bonds is 7. The lowest BCUT2D eigenvalue weighted by atomic mass is 9.88. The van der Waals surface area contributed by atoms with E-state index in [1.807, 2.05) is 94.9 Å². The van der Waals surface area contributed by atoms with Gasteiger partial charge < -0.3 is 14.5 Å². The summed E-state index contributed by atoms with van der Waals surface area (Å²) in [5.41, 5.74) is 6.64. The Kier molecular flexibility index (Phi) is 6.45. The van der Waals surface area contributed by atoms with E-state index in [0.29, 0.717) is 34.3 Å². The van der Waals surface area contributed by atoms with Crippen molar-refractivity contribution in [3.05, 3.63) is 181 Å². The molecule has 7 nitrogen and oxygen atoms in total. The highest BCUT2D eigenvalue weighted by Crippen LogP contribution is 2.51. The highest BCUT2D eigenvalue weighted by atomic mass is 16.5. The molecule has 5 heterocycles. The van der Waals surface area contributed by atoms with Gasteiger partial charge in [0.05, 0.1) is 53.5 Å². The maximum absolute atomic E-state index is 9.13. The standard InChI is InChI=1S/C52H44N6O/c1-34-48(36-17-8-6-9-18-36)51(49(35(2)55-34)37-19-10-7-11-20-37)57-33-56(44-25-14-15-26-45(44)57)39-21-16-22-40(30-39)59-41-31-46-50(54-32-41)42-23-12-13-24-43(42)58(46)47-29-38(27-28-53-47)52(3,4)5/h6-32H,33H2,1-5H3/i6D,7D,8D,9D,10D,11D,17D,18D,19D,20D. The van der Waals surface area contributed by atoms with E-state index in [0.717, 1.165) is 39.0 Å². The van der Waals surface area contributed by atoms with Crippen LogP contribution in [-0.4, -0.2) is 26.2 Å². The van der Waals surface area contributed by atoms with E-state index in [2.05, 4.69) is 37.5 Å². The molecule has 0 spiro atoms. The van der Waals surface area contributed by atoms with E-state index in [1.165, 1.54) is 0 Å². The molecule has 0 radical (unpaired) electrons. The summed E-state index contributed by atoms with van der Waals surface area (Å²) in [7, 11) is 0. The number of benzene rings is 5. The number of pyridine rings is 3. The quantitative estimate of drug-likeness (QED) is 0.161. The zero-order valence-electron chi connectivity index (χ0n) is 43.1. The third kappa shape index (κ3) is 6.36. The van der Waals surface area contributed by atoms with E-state index < -0.39 is 60.4 Å². The van der Waals surface area contributed by atoms with Crippen molar-refractivity contribution in [2.45, 2.75) is 40.0 Å². The first-order chi connectivity index (χ1) is 32.9. The topological polar surface area (TPSA) is 59.3 Å². The van der Waals surface area contributed by atoms with Gasteiger partial charge in [0.25, 0.3) is 0 Å². The second-order valence-electron chi connectivity index (χ2n) is 15.5. The van der Waals surface area contributed by atoms with E-state index in [-0.39, 0.29) is 40.0 Å². The molecule has 288 valence electrons. The fourth-order valence-corrected chi connectivity index (χ4v) is 8.05. The maximum Gasteiger partial charge on any atom is 0.147 e. The predicted octanol–water partition coefficient (Wildman–Crippen LogP) is 13.3. The number of hydrogen-bond donors (Lipinski definition) is 0. The lowest BCUT2D eigenvalue weighted by molar-refractivity contribution is 0.481. The Hall–Kier alpha value is -7.25. The highest BCUT2D eigenvalue weighted by Gasteiger charge is 2.33. The molecule has 0 saturated carbocycles.